The number of benzene rings is 2. The van der Waals surface area contributed by atoms with Gasteiger partial charge in [-0.1, -0.05) is 24.3 Å². The van der Waals surface area contributed by atoms with Crippen molar-refractivity contribution in [1.82, 2.24) is 9.97 Å². The average Bonchev–Trinajstić information content (AvgIpc) is 2.98. The fraction of sp³-hybridized carbons (Fsp3) is 0.118. The van der Waals surface area contributed by atoms with Crippen molar-refractivity contribution in [2.75, 3.05) is 11.4 Å². The Hall–Kier alpha value is -2.75. The number of para-hydroxylation sites is 2. The molecule has 0 saturated heterocycles. The molecule has 2 heterocycles. The highest BCUT2D eigenvalue weighted by molar-refractivity contribution is 6.13. The summed E-state index contributed by atoms with van der Waals surface area (Å²) >= 11 is 0. The van der Waals surface area contributed by atoms with E-state index >= 15 is 0 Å². The first-order valence-electron chi connectivity index (χ1n) is 6.94. The van der Waals surface area contributed by atoms with Gasteiger partial charge in [0.05, 0.1) is 11.1 Å². The number of rotatable bonds is 1. The monoisotopic (exact) mass is 275 g/mol. The summed E-state index contributed by atoms with van der Waals surface area (Å²) in [7, 11) is 0. The van der Waals surface area contributed by atoms with Gasteiger partial charge in [0.25, 0.3) is 5.91 Å². The van der Waals surface area contributed by atoms with Gasteiger partial charge in [-0.15, -0.1) is 0 Å². The van der Waals surface area contributed by atoms with Crippen molar-refractivity contribution in [2.24, 2.45) is 0 Å². The summed E-state index contributed by atoms with van der Waals surface area (Å²) in [6.07, 6.45) is 4.16. The number of anilines is 1. The summed E-state index contributed by atoms with van der Waals surface area (Å²) < 4.78 is 0. The zero-order valence-electron chi connectivity index (χ0n) is 11.4. The van der Waals surface area contributed by atoms with Gasteiger partial charge in [0.2, 0.25) is 0 Å². The first kappa shape index (κ1) is 12.0. The molecule has 1 aromatic heterocycles. The molecule has 1 amide bonds. The SMILES string of the molecule is O=C(c1cccc2nccnc12)N1CCc2ccccc21. The lowest BCUT2D eigenvalue weighted by Crippen LogP contribution is -2.29. The van der Waals surface area contributed by atoms with E-state index in [0.29, 0.717) is 11.1 Å². The topological polar surface area (TPSA) is 46.1 Å². The van der Waals surface area contributed by atoms with Crippen LogP contribution in [0.5, 0.6) is 0 Å². The first-order valence-corrected chi connectivity index (χ1v) is 6.94. The summed E-state index contributed by atoms with van der Waals surface area (Å²) in [5.74, 6) is -0.00829. The molecule has 102 valence electrons. The van der Waals surface area contributed by atoms with Gasteiger partial charge in [0.1, 0.15) is 5.52 Å². The van der Waals surface area contributed by atoms with Crippen LogP contribution in [0.3, 0.4) is 0 Å². The Labute approximate surface area is 122 Å². The second-order valence-corrected chi connectivity index (χ2v) is 5.07. The van der Waals surface area contributed by atoms with Gasteiger partial charge in [-0.25, -0.2) is 0 Å². The van der Waals surface area contributed by atoms with Crippen molar-refractivity contribution >= 4 is 22.6 Å². The number of aromatic nitrogens is 2. The quantitative estimate of drug-likeness (QED) is 0.686. The predicted molar refractivity (Wildman–Crippen MR) is 81.4 cm³/mol. The van der Waals surface area contributed by atoms with Crippen molar-refractivity contribution < 1.29 is 4.79 Å². The lowest BCUT2D eigenvalue weighted by molar-refractivity contribution is 0.0991. The van der Waals surface area contributed by atoms with E-state index in [1.54, 1.807) is 12.4 Å². The average molecular weight is 275 g/mol. The van der Waals surface area contributed by atoms with E-state index in [9.17, 15) is 4.79 Å². The van der Waals surface area contributed by atoms with Crippen LogP contribution in [-0.2, 0) is 6.42 Å². The molecule has 0 fully saturated rings. The Kier molecular flexibility index (Phi) is 2.67. The third kappa shape index (κ3) is 1.88. The summed E-state index contributed by atoms with van der Waals surface area (Å²) in [5, 5.41) is 0. The fourth-order valence-electron chi connectivity index (χ4n) is 2.86. The Morgan fingerprint density at radius 3 is 2.81 bits per heavy atom. The number of carbonyl (C=O) groups is 1. The number of carbonyl (C=O) groups excluding carboxylic acids is 1. The van der Waals surface area contributed by atoms with Crippen molar-refractivity contribution in [3.63, 3.8) is 0 Å². The van der Waals surface area contributed by atoms with E-state index in [0.717, 1.165) is 24.2 Å². The maximum atomic E-state index is 12.9. The standard InChI is InChI=1S/C17H13N3O/c21-17(20-11-8-12-4-1-2-7-15(12)20)13-5-3-6-14-16(13)19-10-9-18-14/h1-7,9-10H,8,11H2. The molecule has 0 aliphatic carbocycles. The van der Waals surface area contributed by atoms with Gasteiger partial charge in [0.15, 0.2) is 0 Å². The zero-order chi connectivity index (χ0) is 14.2. The van der Waals surface area contributed by atoms with Crippen LogP contribution in [0.1, 0.15) is 15.9 Å². The van der Waals surface area contributed by atoms with E-state index in [2.05, 4.69) is 16.0 Å². The number of hydrogen-bond acceptors (Lipinski definition) is 3. The first-order chi connectivity index (χ1) is 10.3. The van der Waals surface area contributed by atoms with Crippen molar-refractivity contribution in [3.8, 4) is 0 Å². The second kappa shape index (κ2) is 4.66. The van der Waals surface area contributed by atoms with Crippen LogP contribution in [0.25, 0.3) is 11.0 Å². The van der Waals surface area contributed by atoms with Gasteiger partial charge in [-0.3, -0.25) is 14.8 Å². The Balaban J connectivity index is 1.82. The van der Waals surface area contributed by atoms with E-state index < -0.39 is 0 Å². The largest absolute Gasteiger partial charge is 0.308 e. The van der Waals surface area contributed by atoms with Gasteiger partial charge >= 0.3 is 0 Å². The molecule has 1 aliphatic rings. The summed E-state index contributed by atoms with van der Waals surface area (Å²) in [6.45, 7) is 0.717. The number of fused-ring (bicyclic) bond motifs is 2. The molecule has 3 aromatic rings. The van der Waals surface area contributed by atoms with Gasteiger partial charge in [-0.05, 0) is 30.2 Å². The molecule has 21 heavy (non-hydrogen) atoms. The molecule has 4 nitrogen and oxygen atoms in total. The molecule has 4 heteroatoms. The van der Waals surface area contributed by atoms with Crippen LogP contribution in [0, 0.1) is 0 Å². The molecule has 0 N–H and O–H groups in total. The zero-order valence-corrected chi connectivity index (χ0v) is 11.4. The van der Waals surface area contributed by atoms with E-state index in [1.165, 1.54) is 5.56 Å². The van der Waals surface area contributed by atoms with Crippen LogP contribution in [0.2, 0.25) is 0 Å². The minimum absolute atomic E-state index is 0.00829. The van der Waals surface area contributed by atoms with Crippen molar-refractivity contribution in [2.45, 2.75) is 6.42 Å². The molecular formula is C17H13N3O. The summed E-state index contributed by atoms with van der Waals surface area (Å²) in [4.78, 5) is 23.3. The number of amides is 1. The van der Waals surface area contributed by atoms with Gasteiger partial charge in [0, 0.05) is 24.6 Å². The van der Waals surface area contributed by atoms with Crippen molar-refractivity contribution in [1.29, 1.82) is 0 Å². The Bertz CT molecular complexity index is 839. The number of hydrogen-bond donors (Lipinski definition) is 0. The predicted octanol–water partition coefficient (Wildman–Crippen LogP) is 2.83. The maximum Gasteiger partial charge on any atom is 0.260 e. The highest BCUT2D eigenvalue weighted by Gasteiger charge is 2.26. The van der Waals surface area contributed by atoms with E-state index in [-0.39, 0.29) is 5.91 Å². The highest BCUT2D eigenvalue weighted by Crippen LogP contribution is 2.29. The van der Waals surface area contributed by atoms with Crippen molar-refractivity contribution in [3.05, 3.63) is 66.0 Å². The maximum absolute atomic E-state index is 12.9. The minimum atomic E-state index is -0.00829. The minimum Gasteiger partial charge on any atom is -0.308 e. The fourth-order valence-corrected chi connectivity index (χ4v) is 2.86. The molecular weight excluding hydrogens is 262 g/mol. The smallest absolute Gasteiger partial charge is 0.260 e. The second-order valence-electron chi connectivity index (χ2n) is 5.07. The number of nitrogens with zero attached hydrogens (tertiary/aromatic N) is 3. The van der Waals surface area contributed by atoms with Crippen LogP contribution >= 0.6 is 0 Å². The molecule has 0 spiro atoms. The Morgan fingerprint density at radius 2 is 1.86 bits per heavy atom. The van der Waals surface area contributed by atoms with Crippen LogP contribution < -0.4 is 4.90 Å². The summed E-state index contributed by atoms with van der Waals surface area (Å²) in [5.41, 5.74) is 4.24. The highest BCUT2D eigenvalue weighted by atomic mass is 16.2. The Morgan fingerprint density at radius 1 is 1.00 bits per heavy atom. The van der Waals surface area contributed by atoms with Gasteiger partial charge < -0.3 is 4.90 Å². The molecule has 1 aliphatic heterocycles. The third-order valence-corrected chi connectivity index (χ3v) is 3.86. The molecule has 0 unspecified atom stereocenters. The lowest BCUT2D eigenvalue weighted by Gasteiger charge is -2.17. The van der Waals surface area contributed by atoms with Crippen LogP contribution in [0.15, 0.2) is 54.9 Å². The van der Waals surface area contributed by atoms with E-state index in [4.69, 9.17) is 0 Å². The molecule has 0 bridgehead atoms. The summed E-state index contributed by atoms with van der Waals surface area (Å²) in [6, 6.07) is 13.6. The normalized spacial score (nSPS) is 13.4. The lowest BCUT2D eigenvalue weighted by atomic mass is 10.1. The van der Waals surface area contributed by atoms with Gasteiger partial charge in [-0.2, -0.15) is 0 Å². The third-order valence-electron chi connectivity index (χ3n) is 3.86. The van der Waals surface area contributed by atoms with Crippen LogP contribution in [0.4, 0.5) is 5.69 Å². The van der Waals surface area contributed by atoms with E-state index in [1.807, 2.05) is 41.3 Å². The molecule has 0 radical (unpaired) electrons. The molecule has 2 aromatic carbocycles. The molecule has 4 rings (SSSR count). The van der Waals surface area contributed by atoms with Crippen LogP contribution in [-0.4, -0.2) is 22.4 Å². The molecule has 0 saturated carbocycles. The molecule has 0 atom stereocenters.